The summed E-state index contributed by atoms with van der Waals surface area (Å²) in [6.07, 6.45) is -4.48. The summed E-state index contributed by atoms with van der Waals surface area (Å²) in [7, 11) is -3.61. The fraction of sp³-hybridized carbons (Fsp3) is 0.409. The van der Waals surface area contributed by atoms with Crippen LogP contribution in [0.25, 0.3) is 0 Å². The lowest BCUT2D eigenvalue weighted by atomic mass is 10.0. The third-order valence-electron chi connectivity index (χ3n) is 5.50. The van der Waals surface area contributed by atoms with Crippen molar-refractivity contribution in [2.24, 2.45) is 0 Å². The average Bonchev–Trinajstić information content (AvgIpc) is 2.73. The van der Waals surface area contributed by atoms with Gasteiger partial charge < -0.3 is 10.2 Å². The summed E-state index contributed by atoms with van der Waals surface area (Å²) >= 11 is 0. The standard InChI is InChI=1S/C22H26F3N3O3S/c1-16(2)17-6-8-20(9-7-17)32(30,31)28-12-10-27(11-13-28)15-21(29)26-19-5-3-4-18(14-19)22(23,24)25/h3-9,14,16H,10-13,15H2,1-2H3,(H,26,29)/p+1. The number of hydrogen-bond acceptors (Lipinski definition) is 3. The van der Waals surface area contributed by atoms with Gasteiger partial charge in [0, 0.05) is 5.69 Å². The molecular formula is C22H27F3N3O3S+. The summed E-state index contributed by atoms with van der Waals surface area (Å²) in [5.74, 6) is -0.110. The third-order valence-corrected chi connectivity index (χ3v) is 7.41. The number of anilines is 1. The lowest BCUT2D eigenvalue weighted by Gasteiger charge is -2.31. The number of carbonyl (C=O) groups excluding carboxylic acids is 1. The normalized spacial score (nSPS) is 16.3. The van der Waals surface area contributed by atoms with Crippen LogP contribution in [0.4, 0.5) is 18.9 Å². The topological polar surface area (TPSA) is 70.9 Å². The summed E-state index contributed by atoms with van der Waals surface area (Å²) in [6, 6.07) is 11.3. The maximum absolute atomic E-state index is 12.9. The second kappa shape index (κ2) is 9.60. The van der Waals surface area contributed by atoms with Crippen LogP contribution in [0.3, 0.4) is 0 Å². The summed E-state index contributed by atoms with van der Waals surface area (Å²) < 4.78 is 65.7. The van der Waals surface area contributed by atoms with Gasteiger partial charge in [0.05, 0.1) is 36.6 Å². The Balaban J connectivity index is 1.55. The Bertz CT molecular complexity index is 1050. The predicted molar refractivity (Wildman–Crippen MR) is 115 cm³/mol. The van der Waals surface area contributed by atoms with E-state index in [-0.39, 0.29) is 30.2 Å². The Morgan fingerprint density at radius 1 is 1.09 bits per heavy atom. The Kier molecular flexibility index (Phi) is 7.26. The molecule has 0 unspecified atom stereocenters. The van der Waals surface area contributed by atoms with Gasteiger partial charge in [0.15, 0.2) is 6.54 Å². The second-order valence-electron chi connectivity index (χ2n) is 8.18. The predicted octanol–water partition coefficient (Wildman–Crippen LogP) is 2.36. The molecule has 0 bridgehead atoms. The molecule has 2 N–H and O–H groups in total. The van der Waals surface area contributed by atoms with Crippen molar-refractivity contribution in [3.05, 3.63) is 59.7 Å². The van der Waals surface area contributed by atoms with Crippen LogP contribution < -0.4 is 10.2 Å². The molecule has 1 aliphatic rings. The minimum absolute atomic E-state index is 0.0488. The third kappa shape index (κ3) is 5.87. The number of carbonyl (C=O) groups is 1. The van der Waals surface area contributed by atoms with E-state index in [9.17, 15) is 26.4 Å². The van der Waals surface area contributed by atoms with Crippen molar-refractivity contribution < 1.29 is 31.3 Å². The van der Waals surface area contributed by atoms with E-state index in [2.05, 4.69) is 5.32 Å². The molecule has 2 aromatic carbocycles. The van der Waals surface area contributed by atoms with Gasteiger partial charge in [-0.15, -0.1) is 0 Å². The summed E-state index contributed by atoms with van der Waals surface area (Å²) in [5, 5.41) is 2.49. The summed E-state index contributed by atoms with van der Waals surface area (Å²) in [6.45, 7) is 5.51. The first kappa shape index (κ1) is 24.2. The van der Waals surface area contributed by atoms with Gasteiger partial charge >= 0.3 is 6.18 Å². The largest absolute Gasteiger partial charge is 0.416 e. The van der Waals surface area contributed by atoms with E-state index in [0.29, 0.717) is 19.0 Å². The molecular weight excluding hydrogens is 443 g/mol. The summed E-state index contributed by atoms with van der Waals surface area (Å²) in [5.41, 5.74) is 0.308. The monoisotopic (exact) mass is 470 g/mol. The second-order valence-corrected chi connectivity index (χ2v) is 10.1. The molecule has 1 aliphatic heterocycles. The number of sulfonamides is 1. The minimum Gasteiger partial charge on any atom is -0.325 e. The van der Waals surface area contributed by atoms with Crippen molar-refractivity contribution in [3.63, 3.8) is 0 Å². The van der Waals surface area contributed by atoms with E-state index in [1.807, 2.05) is 26.0 Å². The zero-order valence-electron chi connectivity index (χ0n) is 17.9. The number of amides is 1. The van der Waals surface area contributed by atoms with Crippen LogP contribution in [0, 0.1) is 0 Å². The molecule has 3 rings (SSSR count). The molecule has 0 spiro atoms. The van der Waals surface area contributed by atoms with E-state index in [1.54, 1.807) is 12.1 Å². The van der Waals surface area contributed by atoms with Crippen LogP contribution >= 0.6 is 0 Å². The molecule has 174 valence electrons. The molecule has 1 saturated heterocycles. The zero-order chi connectivity index (χ0) is 23.5. The van der Waals surface area contributed by atoms with Gasteiger partial charge in [-0.05, 0) is 41.8 Å². The first-order valence-electron chi connectivity index (χ1n) is 10.4. The fourth-order valence-electron chi connectivity index (χ4n) is 3.60. The minimum atomic E-state index is -4.48. The number of hydrogen-bond donors (Lipinski definition) is 2. The van der Waals surface area contributed by atoms with Crippen molar-refractivity contribution in [2.45, 2.75) is 30.8 Å². The van der Waals surface area contributed by atoms with Crippen molar-refractivity contribution in [3.8, 4) is 0 Å². The highest BCUT2D eigenvalue weighted by Gasteiger charge is 2.32. The van der Waals surface area contributed by atoms with Crippen LogP contribution in [-0.2, 0) is 21.0 Å². The highest BCUT2D eigenvalue weighted by Crippen LogP contribution is 2.30. The van der Waals surface area contributed by atoms with E-state index in [1.165, 1.54) is 16.4 Å². The van der Waals surface area contributed by atoms with E-state index < -0.39 is 27.7 Å². The average molecular weight is 471 g/mol. The molecule has 32 heavy (non-hydrogen) atoms. The smallest absolute Gasteiger partial charge is 0.325 e. The van der Waals surface area contributed by atoms with Crippen LogP contribution in [-0.4, -0.2) is 51.4 Å². The maximum atomic E-state index is 12.9. The van der Waals surface area contributed by atoms with Crippen LogP contribution in [0.15, 0.2) is 53.4 Å². The first-order chi connectivity index (χ1) is 15.0. The number of nitrogens with one attached hydrogen (secondary N) is 2. The van der Waals surface area contributed by atoms with Gasteiger partial charge in [0.1, 0.15) is 0 Å². The Morgan fingerprint density at radius 2 is 1.72 bits per heavy atom. The van der Waals surface area contributed by atoms with Crippen molar-refractivity contribution >= 4 is 21.6 Å². The number of benzene rings is 2. The first-order valence-corrected chi connectivity index (χ1v) is 11.8. The molecule has 1 heterocycles. The number of piperazine rings is 1. The Labute approximate surface area is 186 Å². The number of halogens is 3. The van der Waals surface area contributed by atoms with Gasteiger partial charge in [0.25, 0.3) is 5.91 Å². The van der Waals surface area contributed by atoms with Gasteiger partial charge in [-0.2, -0.15) is 17.5 Å². The molecule has 10 heteroatoms. The lowest BCUT2D eigenvalue weighted by molar-refractivity contribution is -0.895. The molecule has 1 amide bonds. The highest BCUT2D eigenvalue weighted by atomic mass is 32.2. The maximum Gasteiger partial charge on any atom is 0.416 e. The molecule has 0 saturated carbocycles. The van der Waals surface area contributed by atoms with Gasteiger partial charge in [-0.1, -0.05) is 32.0 Å². The quantitative estimate of drug-likeness (QED) is 0.681. The van der Waals surface area contributed by atoms with Crippen LogP contribution in [0.2, 0.25) is 0 Å². The molecule has 0 atom stereocenters. The van der Waals surface area contributed by atoms with Crippen molar-refractivity contribution in [1.82, 2.24) is 4.31 Å². The molecule has 6 nitrogen and oxygen atoms in total. The molecule has 2 aromatic rings. The molecule has 0 radical (unpaired) electrons. The molecule has 0 aliphatic carbocycles. The van der Waals surface area contributed by atoms with Gasteiger partial charge in [-0.25, -0.2) is 8.42 Å². The van der Waals surface area contributed by atoms with E-state index >= 15 is 0 Å². The van der Waals surface area contributed by atoms with Crippen LogP contribution in [0.1, 0.15) is 30.9 Å². The SMILES string of the molecule is CC(C)c1ccc(S(=O)(=O)N2CC[NH+](CC(=O)Nc3cccc(C(F)(F)F)c3)CC2)cc1. The van der Waals surface area contributed by atoms with Crippen LogP contribution in [0.5, 0.6) is 0 Å². The Morgan fingerprint density at radius 3 is 2.28 bits per heavy atom. The number of quaternary nitrogens is 1. The Hall–Kier alpha value is -2.43. The van der Waals surface area contributed by atoms with E-state index in [4.69, 9.17) is 0 Å². The van der Waals surface area contributed by atoms with Crippen molar-refractivity contribution in [1.29, 1.82) is 0 Å². The lowest BCUT2D eigenvalue weighted by Crippen LogP contribution is -3.15. The van der Waals surface area contributed by atoms with E-state index in [0.717, 1.165) is 22.6 Å². The molecule has 1 fully saturated rings. The number of rotatable bonds is 6. The number of nitrogens with zero attached hydrogens (tertiary/aromatic N) is 1. The fourth-order valence-corrected chi connectivity index (χ4v) is 5.04. The van der Waals surface area contributed by atoms with Crippen molar-refractivity contribution in [2.75, 3.05) is 38.0 Å². The summed E-state index contributed by atoms with van der Waals surface area (Å²) in [4.78, 5) is 13.4. The van der Waals surface area contributed by atoms with Gasteiger partial charge in [-0.3, -0.25) is 4.79 Å². The zero-order valence-corrected chi connectivity index (χ0v) is 18.8. The van der Waals surface area contributed by atoms with Gasteiger partial charge in [0.2, 0.25) is 10.0 Å². The molecule has 0 aromatic heterocycles. The highest BCUT2D eigenvalue weighted by molar-refractivity contribution is 7.89. The number of alkyl halides is 3.